The van der Waals surface area contributed by atoms with Crippen LogP contribution in [0.4, 0.5) is 0 Å². The molecule has 0 amide bonds. The Hall–Kier alpha value is 0.250. The first kappa shape index (κ1) is 11.3. The van der Waals surface area contributed by atoms with Crippen LogP contribution in [0.25, 0.3) is 0 Å². The summed E-state index contributed by atoms with van der Waals surface area (Å²) in [7, 11) is 0. The normalized spacial score (nSPS) is 39.2. The summed E-state index contributed by atoms with van der Waals surface area (Å²) < 4.78 is 5.83. The lowest BCUT2D eigenvalue weighted by molar-refractivity contribution is -0.107. The maximum Gasteiger partial charge on any atom is 0.0657 e. The molecule has 78 valence electrons. The van der Waals surface area contributed by atoms with Crippen LogP contribution in [0.5, 0.6) is 0 Å². The van der Waals surface area contributed by atoms with E-state index in [0.717, 1.165) is 19.4 Å². The highest BCUT2D eigenvalue weighted by molar-refractivity contribution is 6.21. The fourth-order valence-corrected chi connectivity index (χ4v) is 2.24. The molecule has 0 aromatic heterocycles. The van der Waals surface area contributed by atoms with Gasteiger partial charge in [0.05, 0.1) is 6.10 Å². The lowest BCUT2D eigenvalue weighted by Gasteiger charge is -2.50. The molecule has 0 N–H and O–H groups in total. The van der Waals surface area contributed by atoms with Gasteiger partial charge in [0.2, 0.25) is 0 Å². The Morgan fingerprint density at radius 3 is 2.54 bits per heavy atom. The average Bonchev–Trinajstić information content (AvgIpc) is 2.10. The molecule has 1 nitrogen and oxygen atoms in total. The molecule has 3 unspecified atom stereocenters. The molecule has 0 spiro atoms. The molecule has 1 aliphatic rings. The molecular weight excluding hydrogens is 184 g/mol. The predicted octanol–water partition coefficient (Wildman–Crippen LogP) is 3.46. The minimum Gasteiger partial charge on any atom is -0.377 e. The summed E-state index contributed by atoms with van der Waals surface area (Å²) in [5.74, 6) is 0.621. The van der Waals surface area contributed by atoms with Crippen LogP contribution in [0, 0.1) is 11.3 Å². The lowest BCUT2D eigenvalue weighted by Crippen LogP contribution is -2.53. The summed E-state index contributed by atoms with van der Waals surface area (Å²) in [5.41, 5.74) is 0.219. The average molecular weight is 205 g/mol. The molecular formula is C11H21ClO. The third-order valence-corrected chi connectivity index (χ3v) is 3.94. The van der Waals surface area contributed by atoms with Gasteiger partial charge in [-0.25, -0.2) is 0 Å². The van der Waals surface area contributed by atoms with Crippen molar-refractivity contribution in [3.05, 3.63) is 0 Å². The minimum absolute atomic E-state index is 0.219. The van der Waals surface area contributed by atoms with Crippen molar-refractivity contribution in [2.24, 2.45) is 11.3 Å². The fourth-order valence-electron chi connectivity index (χ4n) is 1.78. The summed E-state index contributed by atoms with van der Waals surface area (Å²) in [6.07, 6.45) is 2.53. The molecule has 1 saturated carbocycles. The molecule has 1 fully saturated rings. The van der Waals surface area contributed by atoms with E-state index >= 15 is 0 Å². The Morgan fingerprint density at radius 2 is 2.15 bits per heavy atom. The van der Waals surface area contributed by atoms with Crippen molar-refractivity contribution in [3.63, 3.8) is 0 Å². The largest absolute Gasteiger partial charge is 0.377 e. The summed E-state index contributed by atoms with van der Waals surface area (Å²) >= 11 is 6.19. The van der Waals surface area contributed by atoms with Crippen molar-refractivity contribution in [2.75, 3.05) is 6.61 Å². The van der Waals surface area contributed by atoms with Gasteiger partial charge in [-0.15, -0.1) is 11.6 Å². The van der Waals surface area contributed by atoms with Crippen molar-refractivity contribution >= 4 is 11.6 Å². The second-order valence-electron chi connectivity index (χ2n) is 4.78. The third-order valence-electron chi connectivity index (χ3n) is 3.26. The number of rotatable bonds is 4. The van der Waals surface area contributed by atoms with Crippen LogP contribution in [-0.4, -0.2) is 18.1 Å². The first-order valence-electron chi connectivity index (χ1n) is 5.26. The Morgan fingerprint density at radius 1 is 1.54 bits per heavy atom. The van der Waals surface area contributed by atoms with Crippen LogP contribution in [0.15, 0.2) is 0 Å². The Balaban J connectivity index is 2.37. The number of hydrogen-bond donors (Lipinski definition) is 0. The summed E-state index contributed by atoms with van der Waals surface area (Å²) in [6, 6.07) is 0. The smallest absolute Gasteiger partial charge is 0.0657 e. The molecule has 3 atom stereocenters. The molecule has 0 aromatic carbocycles. The predicted molar refractivity (Wildman–Crippen MR) is 57.2 cm³/mol. The van der Waals surface area contributed by atoms with Crippen LogP contribution in [-0.2, 0) is 4.74 Å². The van der Waals surface area contributed by atoms with E-state index in [1.807, 2.05) is 0 Å². The van der Waals surface area contributed by atoms with E-state index in [9.17, 15) is 0 Å². The third kappa shape index (κ3) is 2.19. The Labute approximate surface area is 86.8 Å². The minimum atomic E-state index is 0.219. The van der Waals surface area contributed by atoms with Crippen molar-refractivity contribution in [1.82, 2.24) is 0 Å². The zero-order chi connectivity index (χ0) is 10.1. The van der Waals surface area contributed by atoms with Gasteiger partial charge in [0.25, 0.3) is 0 Å². The highest BCUT2D eigenvalue weighted by atomic mass is 35.5. The van der Waals surface area contributed by atoms with Gasteiger partial charge in [-0.05, 0) is 18.8 Å². The van der Waals surface area contributed by atoms with E-state index in [0.29, 0.717) is 17.4 Å². The number of halogens is 1. The van der Waals surface area contributed by atoms with Crippen LogP contribution in [0.3, 0.4) is 0 Å². The number of ether oxygens (including phenoxy) is 1. The second-order valence-corrected chi connectivity index (χ2v) is 5.31. The molecule has 1 aliphatic carbocycles. The standard InChI is InChI=1S/C11H21ClO/c1-5-11(4)9(12)6-10(11)13-7-8(2)3/h8-10H,5-7H2,1-4H3. The zero-order valence-electron chi connectivity index (χ0n) is 9.14. The van der Waals surface area contributed by atoms with Gasteiger partial charge in [0, 0.05) is 17.4 Å². The SMILES string of the molecule is CCC1(C)C(Cl)CC1OCC(C)C. The number of alkyl halides is 1. The molecule has 1 rings (SSSR count). The van der Waals surface area contributed by atoms with Crippen molar-refractivity contribution < 1.29 is 4.74 Å². The summed E-state index contributed by atoms with van der Waals surface area (Å²) in [5, 5.41) is 0.315. The van der Waals surface area contributed by atoms with Gasteiger partial charge in [0.1, 0.15) is 0 Å². The first-order valence-corrected chi connectivity index (χ1v) is 5.70. The van der Waals surface area contributed by atoms with Gasteiger partial charge in [-0.2, -0.15) is 0 Å². The highest BCUT2D eigenvalue weighted by Crippen LogP contribution is 2.49. The van der Waals surface area contributed by atoms with E-state index in [-0.39, 0.29) is 5.41 Å². The van der Waals surface area contributed by atoms with Gasteiger partial charge in [-0.1, -0.05) is 27.7 Å². The van der Waals surface area contributed by atoms with Crippen molar-refractivity contribution in [3.8, 4) is 0 Å². The van der Waals surface area contributed by atoms with Crippen LogP contribution >= 0.6 is 11.6 Å². The van der Waals surface area contributed by atoms with E-state index in [4.69, 9.17) is 16.3 Å². The van der Waals surface area contributed by atoms with Crippen LogP contribution < -0.4 is 0 Å². The van der Waals surface area contributed by atoms with E-state index in [1.54, 1.807) is 0 Å². The first-order chi connectivity index (χ1) is 6.00. The van der Waals surface area contributed by atoms with Crippen LogP contribution in [0.2, 0.25) is 0 Å². The van der Waals surface area contributed by atoms with E-state index < -0.39 is 0 Å². The molecule has 0 bridgehead atoms. The highest BCUT2D eigenvalue weighted by Gasteiger charge is 2.50. The monoisotopic (exact) mass is 204 g/mol. The Kier molecular flexibility index (Phi) is 3.64. The van der Waals surface area contributed by atoms with Gasteiger partial charge >= 0.3 is 0 Å². The molecule has 0 aliphatic heterocycles. The molecule has 0 aromatic rings. The molecule has 13 heavy (non-hydrogen) atoms. The maximum absolute atomic E-state index is 6.19. The fraction of sp³-hybridized carbons (Fsp3) is 1.00. The summed E-state index contributed by atoms with van der Waals surface area (Å²) in [6.45, 7) is 9.66. The molecule has 0 saturated heterocycles. The van der Waals surface area contributed by atoms with Crippen molar-refractivity contribution in [2.45, 2.75) is 52.0 Å². The van der Waals surface area contributed by atoms with E-state index in [1.165, 1.54) is 0 Å². The van der Waals surface area contributed by atoms with Gasteiger partial charge in [0.15, 0.2) is 0 Å². The summed E-state index contributed by atoms with van der Waals surface area (Å²) in [4.78, 5) is 0. The molecule has 2 heteroatoms. The quantitative estimate of drug-likeness (QED) is 0.638. The second kappa shape index (κ2) is 4.18. The van der Waals surface area contributed by atoms with Gasteiger partial charge in [-0.3, -0.25) is 0 Å². The topological polar surface area (TPSA) is 9.23 Å². The molecule has 0 heterocycles. The zero-order valence-corrected chi connectivity index (χ0v) is 9.90. The van der Waals surface area contributed by atoms with Crippen LogP contribution in [0.1, 0.15) is 40.5 Å². The van der Waals surface area contributed by atoms with Crippen molar-refractivity contribution in [1.29, 1.82) is 0 Å². The lowest BCUT2D eigenvalue weighted by atomic mass is 9.65. The number of hydrogen-bond acceptors (Lipinski definition) is 1. The van der Waals surface area contributed by atoms with Gasteiger partial charge < -0.3 is 4.74 Å². The van der Waals surface area contributed by atoms with E-state index in [2.05, 4.69) is 27.7 Å². The maximum atomic E-state index is 6.19. The Bertz CT molecular complexity index is 169. The molecule has 0 radical (unpaired) electrons.